The smallest absolute Gasteiger partial charge is 0.270 e. The zero-order valence-corrected chi connectivity index (χ0v) is 12.9. The molecular formula is C17H18FN3O2. The summed E-state index contributed by atoms with van der Waals surface area (Å²) in [5, 5.41) is 3.59. The zero-order valence-electron chi connectivity index (χ0n) is 12.9. The Morgan fingerprint density at radius 3 is 2.78 bits per heavy atom. The normalized spacial score (nSPS) is 18.0. The summed E-state index contributed by atoms with van der Waals surface area (Å²) in [7, 11) is 1.78. The third-order valence-electron chi connectivity index (χ3n) is 4.61. The molecular weight excluding hydrogens is 297 g/mol. The minimum atomic E-state index is -0.370. The van der Waals surface area contributed by atoms with Crippen molar-refractivity contribution in [1.29, 1.82) is 0 Å². The van der Waals surface area contributed by atoms with Crippen molar-refractivity contribution in [1.82, 2.24) is 9.88 Å². The fraction of sp³-hybridized carbons (Fsp3) is 0.412. The number of aryl methyl sites for hydroxylation is 1. The van der Waals surface area contributed by atoms with Gasteiger partial charge in [-0.1, -0.05) is 0 Å². The topological polar surface area (TPSA) is 54.3 Å². The van der Waals surface area contributed by atoms with E-state index in [0.717, 1.165) is 24.8 Å². The SMILES string of the molecule is Cn1c(C(=O)NC2CC2)c(N2CCCC2=O)c2cc(F)ccc21. The lowest BCUT2D eigenvalue weighted by molar-refractivity contribution is -0.117. The average molecular weight is 315 g/mol. The van der Waals surface area contributed by atoms with Gasteiger partial charge in [-0.3, -0.25) is 9.59 Å². The van der Waals surface area contributed by atoms with Gasteiger partial charge in [-0.2, -0.15) is 0 Å². The molecule has 1 saturated carbocycles. The highest BCUT2D eigenvalue weighted by molar-refractivity contribution is 6.14. The number of rotatable bonds is 3. The van der Waals surface area contributed by atoms with Gasteiger partial charge in [0.25, 0.3) is 5.91 Å². The van der Waals surface area contributed by atoms with Gasteiger partial charge in [0.05, 0.1) is 11.2 Å². The monoisotopic (exact) mass is 315 g/mol. The number of amides is 2. The molecule has 0 bridgehead atoms. The number of anilines is 1. The van der Waals surface area contributed by atoms with E-state index in [2.05, 4.69) is 5.32 Å². The molecule has 1 saturated heterocycles. The third-order valence-corrected chi connectivity index (χ3v) is 4.61. The number of aromatic nitrogens is 1. The Hall–Kier alpha value is -2.37. The summed E-state index contributed by atoms with van der Waals surface area (Å²) in [6.07, 6.45) is 3.20. The lowest BCUT2D eigenvalue weighted by Crippen LogP contribution is -2.31. The number of nitrogens with one attached hydrogen (secondary N) is 1. The van der Waals surface area contributed by atoms with Crippen LogP contribution in [0.25, 0.3) is 10.9 Å². The zero-order chi connectivity index (χ0) is 16.1. The van der Waals surface area contributed by atoms with E-state index in [1.165, 1.54) is 12.1 Å². The molecule has 0 unspecified atom stereocenters. The van der Waals surface area contributed by atoms with Gasteiger partial charge >= 0.3 is 0 Å². The largest absolute Gasteiger partial charge is 0.348 e. The third kappa shape index (κ3) is 2.29. The molecule has 23 heavy (non-hydrogen) atoms. The van der Waals surface area contributed by atoms with Crippen molar-refractivity contribution in [2.75, 3.05) is 11.4 Å². The van der Waals surface area contributed by atoms with Crippen LogP contribution in [-0.4, -0.2) is 29.0 Å². The van der Waals surface area contributed by atoms with Crippen LogP contribution in [0.2, 0.25) is 0 Å². The van der Waals surface area contributed by atoms with Crippen LogP contribution in [0, 0.1) is 5.82 Å². The number of halogens is 1. The number of nitrogens with zero attached hydrogens (tertiary/aromatic N) is 2. The van der Waals surface area contributed by atoms with Crippen LogP contribution in [0.15, 0.2) is 18.2 Å². The predicted octanol–water partition coefficient (Wildman–Crippen LogP) is 2.34. The van der Waals surface area contributed by atoms with Crippen LogP contribution in [0.5, 0.6) is 0 Å². The molecule has 1 aromatic carbocycles. The molecule has 1 aromatic heterocycles. The van der Waals surface area contributed by atoms with Crippen LogP contribution in [0.3, 0.4) is 0 Å². The number of carbonyl (C=O) groups excluding carboxylic acids is 2. The average Bonchev–Trinajstić information content (AvgIpc) is 3.15. The Morgan fingerprint density at radius 1 is 1.35 bits per heavy atom. The summed E-state index contributed by atoms with van der Waals surface area (Å²) in [5.41, 5.74) is 1.73. The Balaban J connectivity index is 1.93. The molecule has 2 fully saturated rings. The fourth-order valence-corrected chi connectivity index (χ4v) is 3.30. The number of carbonyl (C=O) groups is 2. The second kappa shape index (κ2) is 5.08. The maximum Gasteiger partial charge on any atom is 0.270 e. The van der Waals surface area contributed by atoms with E-state index < -0.39 is 0 Å². The Morgan fingerprint density at radius 2 is 2.13 bits per heavy atom. The lowest BCUT2D eigenvalue weighted by Gasteiger charge is -2.17. The molecule has 2 aromatic rings. The van der Waals surface area contributed by atoms with Crippen LogP contribution in [0.1, 0.15) is 36.2 Å². The number of fused-ring (bicyclic) bond motifs is 1. The minimum absolute atomic E-state index is 0.0118. The van der Waals surface area contributed by atoms with E-state index in [-0.39, 0.29) is 23.7 Å². The first-order valence-electron chi connectivity index (χ1n) is 7.95. The van der Waals surface area contributed by atoms with E-state index in [1.807, 2.05) is 0 Å². The van der Waals surface area contributed by atoms with Crippen molar-refractivity contribution in [3.05, 3.63) is 29.7 Å². The first-order valence-corrected chi connectivity index (χ1v) is 7.95. The van der Waals surface area contributed by atoms with Gasteiger partial charge < -0.3 is 14.8 Å². The van der Waals surface area contributed by atoms with Crippen molar-refractivity contribution < 1.29 is 14.0 Å². The standard InChI is InChI=1S/C17H18FN3O2/c1-20-13-7-4-10(18)9-12(13)15(21-8-2-3-14(21)22)16(20)17(23)19-11-5-6-11/h4,7,9,11H,2-3,5-6,8H2,1H3,(H,19,23). The Labute approximate surface area is 133 Å². The molecule has 2 amide bonds. The van der Waals surface area contributed by atoms with E-state index in [1.54, 1.807) is 22.6 Å². The number of hydrogen-bond donors (Lipinski definition) is 1. The molecule has 120 valence electrons. The lowest BCUT2D eigenvalue weighted by atomic mass is 10.2. The Kier molecular flexibility index (Phi) is 3.14. The van der Waals surface area contributed by atoms with Crippen LogP contribution < -0.4 is 10.2 Å². The van der Waals surface area contributed by atoms with Crippen molar-refractivity contribution in [3.63, 3.8) is 0 Å². The molecule has 0 radical (unpaired) electrons. The summed E-state index contributed by atoms with van der Waals surface area (Å²) in [5.74, 6) is -0.575. The summed E-state index contributed by atoms with van der Waals surface area (Å²) in [6.45, 7) is 0.568. The molecule has 0 atom stereocenters. The molecule has 1 aliphatic carbocycles. The van der Waals surface area contributed by atoms with Gasteiger partial charge in [0.1, 0.15) is 11.5 Å². The summed E-state index contributed by atoms with van der Waals surface area (Å²) in [6, 6.07) is 4.66. The van der Waals surface area contributed by atoms with Gasteiger partial charge in [0, 0.05) is 31.4 Å². The maximum atomic E-state index is 13.7. The quantitative estimate of drug-likeness (QED) is 0.945. The minimum Gasteiger partial charge on any atom is -0.348 e. The predicted molar refractivity (Wildman–Crippen MR) is 85.0 cm³/mol. The van der Waals surface area contributed by atoms with E-state index >= 15 is 0 Å². The van der Waals surface area contributed by atoms with Crippen molar-refractivity contribution >= 4 is 28.4 Å². The second-order valence-electron chi connectivity index (χ2n) is 6.31. The first-order chi connectivity index (χ1) is 11.1. The van der Waals surface area contributed by atoms with Gasteiger partial charge in [-0.25, -0.2) is 4.39 Å². The molecule has 1 N–H and O–H groups in total. The van der Waals surface area contributed by atoms with E-state index in [0.29, 0.717) is 29.7 Å². The highest BCUT2D eigenvalue weighted by Crippen LogP contribution is 2.36. The van der Waals surface area contributed by atoms with Gasteiger partial charge in [-0.05, 0) is 37.5 Å². The van der Waals surface area contributed by atoms with Crippen LogP contribution in [-0.2, 0) is 11.8 Å². The molecule has 1 aliphatic heterocycles. The number of hydrogen-bond acceptors (Lipinski definition) is 2. The Bertz CT molecular complexity index is 823. The van der Waals surface area contributed by atoms with Gasteiger partial charge in [-0.15, -0.1) is 0 Å². The van der Waals surface area contributed by atoms with Crippen molar-refractivity contribution in [2.45, 2.75) is 31.7 Å². The number of benzene rings is 1. The van der Waals surface area contributed by atoms with E-state index in [4.69, 9.17) is 0 Å². The van der Waals surface area contributed by atoms with Crippen molar-refractivity contribution in [3.8, 4) is 0 Å². The van der Waals surface area contributed by atoms with Crippen LogP contribution in [0.4, 0.5) is 10.1 Å². The van der Waals surface area contributed by atoms with E-state index in [9.17, 15) is 14.0 Å². The van der Waals surface area contributed by atoms with Crippen molar-refractivity contribution in [2.24, 2.45) is 7.05 Å². The molecule has 2 aliphatic rings. The summed E-state index contributed by atoms with van der Waals surface area (Å²) >= 11 is 0. The molecule has 6 heteroatoms. The second-order valence-corrected chi connectivity index (χ2v) is 6.31. The van der Waals surface area contributed by atoms with Crippen LogP contribution >= 0.6 is 0 Å². The highest BCUT2D eigenvalue weighted by Gasteiger charge is 2.33. The maximum absolute atomic E-state index is 13.7. The molecule has 0 spiro atoms. The molecule has 4 rings (SSSR count). The summed E-state index contributed by atoms with van der Waals surface area (Å²) in [4.78, 5) is 26.5. The highest BCUT2D eigenvalue weighted by atomic mass is 19.1. The van der Waals surface area contributed by atoms with Gasteiger partial charge in [0.2, 0.25) is 5.91 Å². The fourth-order valence-electron chi connectivity index (χ4n) is 3.30. The molecule has 2 heterocycles. The van der Waals surface area contributed by atoms with Gasteiger partial charge in [0.15, 0.2) is 0 Å². The molecule has 5 nitrogen and oxygen atoms in total. The first kappa shape index (κ1) is 14.2. The summed E-state index contributed by atoms with van der Waals surface area (Å²) < 4.78 is 15.5.